The van der Waals surface area contributed by atoms with E-state index in [1.807, 2.05) is 42.7 Å². The van der Waals surface area contributed by atoms with Crippen LogP contribution in [-0.4, -0.2) is 15.7 Å². The number of amides is 1. The number of hydrazine groups is 1. The second-order valence-electron chi connectivity index (χ2n) is 3.71. The van der Waals surface area contributed by atoms with Crippen molar-refractivity contribution in [1.82, 2.24) is 15.2 Å². The summed E-state index contributed by atoms with van der Waals surface area (Å²) in [5, 5.41) is 13.1. The molecule has 0 aliphatic carbocycles. The van der Waals surface area contributed by atoms with Gasteiger partial charge in [0.2, 0.25) is 0 Å². The van der Waals surface area contributed by atoms with E-state index in [2.05, 4.69) is 5.10 Å². The minimum absolute atomic E-state index is 0.0169. The lowest BCUT2D eigenvalue weighted by molar-refractivity contribution is 0.0948. The first kappa shape index (κ1) is 11.8. The number of para-hydroxylation sites is 1. The Kier molecular flexibility index (Phi) is 3.08. The molecule has 1 aromatic carbocycles. The molecule has 0 bridgehead atoms. The molecule has 18 heavy (non-hydrogen) atoms. The minimum Gasteiger partial charge on any atom is -0.289 e. The number of hydrogen-bond donors (Lipinski definition) is 2. The molecule has 0 aliphatic rings. The number of nitrogens with two attached hydrogens (primary N) is 1. The number of nitrogens with one attached hydrogen (secondary N) is 1. The topological polar surface area (TPSA) is 96.7 Å². The third-order valence-corrected chi connectivity index (χ3v) is 2.54. The SMILES string of the molecule is Cc1ccccc1-n1cc(C#N)c(C(=O)NN)n1. The molecule has 0 saturated heterocycles. The molecule has 1 amide bonds. The highest BCUT2D eigenvalue weighted by Gasteiger charge is 2.16. The molecule has 1 heterocycles. The van der Waals surface area contributed by atoms with Crippen molar-refractivity contribution in [2.75, 3.05) is 0 Å². The van der Waals surface area contributed by atoms with E-state index in [1.54, 1.807) is 0 Å². The molecule has 2 aromatic rings. The first-order valence-electron chi connectivity index (χ1n) is 5.24. The van der Waals surface area contributed by atoms with Crippen molar-refractivity contribution in [3.63, 3.8) is 0 Å². The highest BCUT2D eigenvalue weighted by atomic mass is 16.2. The lowest BCUT2D eigenvalue weighted by Crippen LogP contribution is -2.31. The summed E-state index contributed by atoms with van der Waals surface area (Å²) in [6.07, 6.45) is 1.51. The summed E-state index contributed by atoms with van der Waals surface area (Å²) in [7, 11) is 0. The molecule has 3 N–H and O–H groups in total. The van der Waals surface area contributed by atoms with E-state index in [0.29, 0.717) is 0 Å². The summed E-state index contributed by atoms with van der Waals surface area (Å²) in [5.74, 6) is 4.46. The number of carbonyl (C=O) groups excluding carboxylic acids is 1. The largest absolute Gasteiger partial charge is 0.289 e. The Morgan fingerprint density at radius 2 is 2.22 bits per heavy atom. The maximum Gasteiger partial charge on any atom is 0.287 e. The monoisotopic (exact) mass is 241 g/mol. The van der Waals surface area contributed by atoms with Crippen molar-refractivity contribution in [2.24, 2.45) is 5.84 Å². The summed E-state index contributed by atoms with van der Waals surface area (Å²) in [6, 6.07) is 9.46. The molecule has 0 unspecified atom stereocenters. The van der Waals surface area contributed by atoms with Crippen LogP contribution in [0.1, 0.15) is 21.6 Å². The van der Waals surface area contributed by atoms with Crippen LogP contribution in [0.4, 0.5) is 0 Å². The van der Waals surface area contributed by atoms with Crippen molar-refractivity contribution in [3.05, 3.63) is 47.3 Å². The van der Waals surface area contributed by atoms with Gasteiger partial charge < -0.3 is 0 Å². The molecule has 0 spiro atoms. The van der Waals surface area contributed by atoms with Crippen LogP contribution in [-0.2, 0) is 0 Å². The number of carbonyl (C=O) groups is 1. The fourth-order valence-electron chi connectivity index (χ4n) is 1.64. The fourth-order valence-corrected chi connectivity index (χ4v) is 1.64. The Morgan fingerprint density at radius 1 is 1.50 bits per heavy atom. The van der Waals surface area contributed by atoms with E-state index in [9.17, 15) is 4.79 Å². The first-order chi connectivity index (χ1) is 8.67. The number of benzene rings is 1. The number of rotatable bonds is 2. The summed E-state index contributed by atoms with van der Waals surface area (Å²) in [4.78, 5) is 11.5. The zero-order valence-electron chi connectivity index (χ0n) is 9.71. The van der Waals surface area contributed by atoms with Crippen LogP contribution in [0.25, 0.3) is 5.69 Å². The van der Waals surface area contributed by atoms with Gasteiger partial charge in [-0.25, -0.2) is 10.5 Å². The minimum atomic E-state index is -0.584. The van der Waals surface area contributed by atoms with Gasteiger partial charge in [-0.15, -0.1) is 0 Å². The van der Waals surface area contributed by atoms with E-state index >= 15 is 0 Å². The average Bonchev–Trinajstić information content (AvgIpc) is 2.82. The zero-order valence-corrected chi connectivity index (χ0v) is 9.71. The van der Waals surface area contributed by atoms with Gasteiger partial charge in [0.15, 0.2) is 5.69 Å². The molecule has 90 valence electrons. The number of nitrogen functional groups attached to an aromatic ring is 1. The molecule has 0 atom stereocenters. The summed E-state index contributed by atoms with van der Waals surface area (Å²) >= 11 is 0. The lowest BCUT2D eigenvalue weighted by Gasteiger charge is -2.04. The van der Waals surface area contributed by atoms with Crippen molar-refractivity contribution in [2.45, 2.75) is 6.92 Å². The predicted molar refractivity (Wildman–Crippen MR) is 64.7 cm³/mol. The Hall–Kier alpha value is -2.65. The van der Waals surface area contributed by atoms with Gasteiger partial charge in [0, 0.05) is 6.20 Å². The molecule has 0 aliphatic heterocycles. The van der Waals surface area contributed by atoms with Gasteiger partial charge in [-0.2, -0.15) is 10.4 Å². The third-order valence-electron chi connectivity index (χ3n) is 2.54. The number of aryl methyl sites for hydroxylation is 1. The molecule has 1 aromatic heterocycles. The van der Waals surface area contributed by atoms with Crippen LogP contribution in [0.15, 0.2) is 30.5 Å². The van der Waals surface area contributed by atoms with Gasteiger partial charge >= 0.3 is 0 Å². The smallest absolute Gasteiger partial charge is 0.287 e. The van der Waals surface area contributed by atoms with Gasteiger partial charge in [-0.3, -0.25) is 10.2 Å². The third kappa shape index (κ3) is 1.95. The molecule has 0 radical (unpaired) electrons. The van der Waals surface area contributed by atoms with Gasteiger partial charge in [-0.05, 0) is 18.6 Å². The summed E-state index contributed by atoms with van der Waals surface area (Å²) in [5.41, 5.74) is 3.97. The lowest BCUT2D eigenvalue weighted by atomic mass is 10.2. The predicted octanol–water partition coefficient (Wildman–Crippen LogP) is 0.656. The van der Waals surface area contributed by atoms with Gasteiger partial charge in [0.05, 0.1) is 5.69 Å². The second-order valence-corrected chi connectivity index (χ2v) is 3.71. The first-order valence-corrected chi connectivity index (χ1v) is 5.24. The zero-order chi connectivity index (χ0) is 13.1. The Morgan fingerprint density at radius 3 is 2.83 bits per heavy atom. The Labute approximate surface area is 104 Å². The van der Waals surface area contributed by atoms with Gasteiger partial charge in [0.25, 0.3) is 5.91 Å². The molecular weight excluding hydrogens is 230 g/mol. The molecule has 0 fully saturated rings. The maximum absolute atomic E-state index is 11.5. The summed E-state index contributed by atoms with van der Waals surface area (Å²) < 4.78 is 1.50. The van der Waals surface area contributed by atoms with Crippen LogP contribution in [0.3, 0.4) is 0 Å². The Balaban J connectivity index is 2.55. The van der Waals surface area contributed by atoms with Gasteiger partial charge in [0.1, 0.15) is 11.6 Å². The fraction of sp³-hybridized carbons (Fsp3) is 0.0833. The quantitative estimate of drug-likeness (QED) is 0.458. The van der Waals surface area contributed by atoms with E-state index in [0.717, 1.165) is 11.3 Å². The average molecular weight is 241 g/mol. The highest BCUT2D eigenvalue weighted by molar-refractivity contribution is 5.94. The maximum atomic E-state index is 11.5. The van der Waals surface area contributed by atoms with Crippen molar-refractivity contribution in [1.29, 1.82) is 5.26 Å². The standard InChI is InChI=1S/C12H11N5O/c1-8-4-2-3-5-10(8)17-7-9(6-13)11(16-17)12(18)15-14/h2-5,7H,14H2,1H3,(H,15,18). The van der Waals surface area contributed by atoms with Crippen LogP contribution in [0.2, 0.25) is 0 Å². The van der Waals surface area contributed by atoms with Crippen molar-refractivity contribution >= 4 is 5.91 Å². The number of nitriles is 1. The van der Waals surface area contributed by atoms with E-state index < -0.39 is 5.91 Å². The van der Waals surface area contributed by atoms with E-state index in [4.69, 9.17) is 11.1 Å². The van der Waals surface area contributed by atoms with Crippen LogP contribution < -0.4 is 11.3 Å². The number of aromatic nitrogens is 2. The van der Waals surface area contributed by atoms with Crippen molar-refractivity contribution < 1.29 is 4.79 Å². The number of hydrogen-bond acceptors (Lipinski definition) is 4. The molecular formula is C12H11N5O. The normalized spacial score (nSPS) is 9.83. The molecule has 6 nitrogen and oxygen atoms in total. The van der Waals surface area contributed by atoms with E-state index in [1.165, 1.54) is 10.9 Å². The van der Waals surface area contributed by atoms with Crippen LogP contribution in [0.5, 0.6) is 0 Å². The van der Waals surface area contributed by atoms with Crippen LogP contribution in [0, 0.1) is 18.3 Å². The van der Waals surface area contributed by atoms with E-state index in [-0.39, 0.29) is 11.3 Å². The van der Waals surface area contributed by atoms with Crippen molar-refractivity contribution in [3.8, 4) is 11.8 Å². The highest BCUT2D eigenvalue weighted by Crippen LogP contribution is 2.15. The van der Waals surface area contributed by atoms with Crippen LogP contribution >= 0.6 is 0 Å². The summed E-state index contributed by atoms with van der Waals surface area (Å²) in [6.45, 7) is 1.92. The molecule has 2 rings (SSSR count). The number of nitrogens with zero attached hydrogens (tertiary/aromatic N) is 3. The molecule has 6 heteroatoms. The van der Waals surface area contributed by atoms with Gasteiger partial charge in [-0.1, -0.05) is 18.2 Å². The second kappa shape index (κ2) is 4.69. The molecule has 0 saturated carbocycles. The Bertz CT molecular complexity index is 638.